The molecule has 0 atom stereocenters. The molecule has 4 heteroatoms. The van der Waals surface area contributed by atoms with Gasteiger partial charge in [-0.1, -0.05) is 18.2 Å². The van der Waals surface area contributed by atoms with Gasteiger partial charge in [0, 0.05) is 15.0 Å². The second-order valence-electron chi connectivity index (χ2n) is 5.82. The van der Waals surface area contributed by atoms with Gasteiger partial charge in [-0.25, -0.2) is 0 Å². The number of rotatable bonds is 2. The van der Waals surface area contributed by atoms with Crippen LogP contribution in [0.3, 0.4) is 0 Å². The van der Waals surface area contributed by atoms with Gasteiger partial charge in [0.1, 0.15) is 0 Å². The van der Waals surface area contributed by atoms with Crippen molar-refractivity contribution < 1.29 is 0 Å². The number of nitrogens with zero attached hydrogens (tertiary/aromatic N) is 1. The fraction of sp³-hybridized carbons (Fsp3) is 0.222. The third kappa shape index (κ3) is 2.66. The van der Waals surface area contributed by atoms with Crippen molar-refractivity contribution in [3.8, 4) is 0 Å². The van der Waals surface area contributed by atoms with Gasteiger partial charge in [0.25, 0.3) is 0 Å². The van der Waals surface area contributed by atoms with Gasteiger partial charge in [0.15, 0.2) is 0 Å². The Morgan fingerprint density at radius 1 is 1.05 bits per heavy atom. The standard InChI is InChI=1S/C18H15IN.Al.HI/c19-14-5-3-4-12(10-14)13-8-9-16-15-6-1-2-7-17(15)20-18(16)11-13;;/h2-5,7,10-11H,1,6,8-9H2;;1H/q-1;+2;/p-1. The smallest absolute Gasteiger partial charge is 0.431 e. The Kier molecular flexibility index (Phi) is 4.55. The highest BCUT2D eigenvalue weighted by atomic mass is 127. The van der Waals surface area contributed by atoms with Crippen LogP contribution in [0.5, 0.6) is 0 Å². The minimum atomic E-state index is 0.253. The Labute approximate surface area is 162 Å². The van der Waals surface area contributed by atoms with Gasteiger partial charge in [-0.3, -0.25) is 0 Å². The number of allylic oxidation sites excluding steroid dienone is 2. The molecule has 22 heavy (non-hydrogen) atoms. The first-order valence-corrected chi connectivity index (χ1v) is 13.4. The molecule has 1 aromatic heterocycles. The monoisotopic (exact) mass is 526 g/mol. The van der Waals surface area contributed by atoms with Crippen LogP contribution in [0, 0.1) is 3.57 Å². The van der Waals surface area contributed by atoms with Crippen molar-refractivity contribution in [3.05, 3.63) is 62.0 Å². The molecule has 109 valence electrons. The molecule has 1 aromatic carbocycles. The molecule has 1 heterocycles. The van der Waals surface area contributed by atoms with E-state index < -0.39 is 0 Å². The maximum atomic E-state index is 2.58. The summed E-state index contributed by atoms with van der Waals surface area (Å²) in [5.41, 5.74) is 9.11. The predicted octanol–water partition coefficient (Wildman–Crippen LogP) is 5.36. The van der Waals surface area contributed by atoms with Crippen molar-refractivity contribution in [2.24, 2.45) is 0 Å². The highest BCUT2D eigenvalue weighted by Gasteiger charge is 2.24. The third-order valence-corrected chi connectivity index (χ3v) is 7.68. The van der Waals surface area contributed by atoms with E-state index in [2.05, 4.69) is 88.9 Å². The lowest BCUT2D eigenvalue weighted by atomic mass is 9.88. The van der Waals surface area contributed by atoms with E-state index in [0.717, 1.165) is 0 Å². The van der Waals surface area contributed by atoms with Crippen LogP contribution < -0.4 is 0 Å². The fourth-order valence-corrected chi connectivity index (χ4v) is 6.59. The first kappa shape index (κ1) is 15.5. The van der Waals surface area contributed by atoms with Crippen molar-refractivity contribution in [2.75, 3.05) is 0 Å². The minimum absolute atomic E-state index is 0.253. The zero-order valence-electron chi connectivity index (χ0n) is 12.2. The van der Waals surface area contributed by atoms with E-state index in [9.17, 15) is 0 Å². The zero-order valence-corrected chi connectivity index (χ0v) is 17.6. The van der Waals surface area contributed by atoms with E-state index in [0.29, 0.717) is 0 Å². The lowest BCUT2D eigenvalue weighted by Gasteiger charge is -2.17. The van der Waals surface area contributed by atoms with E-state index in [1.165, 1.54) is 51.8 Å². The van der Waals surface area contributed by atoms with E-state index >= 15 is 0 Å². The molecule has 0 N–H and O–H groups in total. The molecule has 2 aromatic rings. The van der Waals surface area contributed by atoms with Crippen molar-refractivity contribution >= 4 is 72.7 Å². The molecule has 0 amide bonds. The Morgan fingerprint density at radius 2 is 1.91 bits per heavy atom. The van der Waals surface area contributed by atoms with Crippen molar-refractivity contribution in [1.82, 2.24) is 3.55 Å². The average Bonchev–Trinajstić information content (AvgIpc) is 2.87. The van der Waals surface area contributed by atoms with Gasteiger partial charge in [-0.05, 0) is 94.8 Å². The van der Waals surface area contributed by atoms with Crippen LogP contribution in [0.4, 0.5) is 0 Å². The summed E-state index contributed by atoms with van der Waals surface area (Å²) in [5.74, 6) is 0. The van der Waals surface area contributed by atoms with Crippen LogP contribution in [-0.4, -0.2) is 15.7 Å². The molecule has 1 radical (unpaired) electrons. The Hall–Kier alpha value is -0.0275. The molecule has 0 unspecified atom stereocenters. The molecule has 0 spiro atoms. The second kappa shape index (κ2) is 6.47. The first-order chi connectivity index (χ1) is 10.8. The van der Waals surface area contributed by atoms with Crippen molar-refractivity contribution in [3.63, 3.8) is 0 Å². The predicted molar refractivity (Wildman–Crippen MR) is 112 cm³/mol. The summed E-state index contributed by atoms with van der Waals surface area (Å²) in [6, 6.07) is 8.90. The molecule has 0 fully saturated rings. The SMILES string of the molecule is [I][Al][n]1c2c(c3c1C=C(c1cccc(I)c1)CC3)CCC=C2. The summed E-state index contributed by atoms with van der Waals surface area (Å²) in [6.45, 7) is 0. The van der Waals surface area contributed by atoms with Gasteiger partial charge >= 0.3 is 12.2 Å². The van der Waals surface area contributed by atoms with Crippen molar-refractivity contribution in [2.45, 2.75) is 25.7 Å². The molecule has 4 rings (SSSR count). The summed E-state index contributed by atoms with van der Waals surface area (Å²) >= 11 is 5.23. The third-order valence-electron chi connectivity index (χ3n) is 4.59. The van der Waals surface area contributed by atoms with Gasteiger partial charge in [0.2, 0.25) is 0 Å². The first-order valence-electron chi connectivity index (χ1n) is 7.60. The summed E-state index contributed by atoms with van der Waals surface area (Å²) in [5, 5.41) is 0. The van der Waals surface area contributed by atoms with Gasteiger partial charge < -0.3 is 3.55 Å². The summed E-state index contributed by atoms with van der Waals surface area (Å²) in [4.78, 5) is 0. The molecular weight excluding hydrogens is 511 g/mol. The van der Waals surface area contributed by atoms with E-state index in [1.807, 2.05) is 0 Å². The summed E-state index contributed by atoms with van der Waals surface area (Å²) in [7, 11) is 0. The average molecular weight is 526 g/mol. The number of halogens is 2. The Balaban J connectivity index is 1.86. The van der Waals surface area contributed by atoms with E-state index in [-0.39, 0.29) is 12.2 Å². The topological polar surface area (TPSA) is 4.93 Å². The summed E-state index contributed by atoms with van der Waals surface area (Å²) < 4.78 is 3.90. The lowest BCUT2D eigenvalue weighted by Crippen LogP contribution is -2.07. The molecule has 0 aliphatic heterocycles. The van der Waals surface area contributed by atoms with Crippen LogP contribution >= 0.6 is 42.9 Å². The Bertz CT molecular complexity index is 802. The summed E-state index contributed by atoms with van der Waals surface area (Å²) in [6.07, 6.45) is 11.9. The number of aromatic nitrogens is 1. The number of fused-ring (bicyclic) bond motifs is 3. The minimum Gasteiger partial charge on any atom is -0.431 e. The van der Waals surface area contributed by atoms with Crippen LogP contribution in [0.1, 0.15) is 40.9 Å². The molecular formula is C18H15AlI2N. The largest absolute Gasteiger partial charge is 0.478 e. The molecule has 0 bridgehead atoms. The molecule has 2 aliphatic carbocycles. The van der Waals surface area contributed by atoms with Crippen LogP contribution in [0.2, 0.25) is 0 Å². The molecule has 2 aliphatic rings. The number of hydrogen-bond acceptors (Lipinski definition) is 0. The molecule has 0 saturated heterocycles. The van der Waals surface area contributed by atoms with Gasteiger partial charge in [-0.2, -0.15) is 20.3 Å². The number of benzene rings is 1. The maximum absolute atomic E-state index is 2.58. The number of hydrogen-bond donors (Lipinski definition) is 0. The van der Waals surface area contributed by atoms with E-state index in [1.54, 1.807) is 11.1 Å². The van der Waals surface area contributed by atoms with Gasteiger partial charge in [-0.15, -0.1) is 0 Å². The van der Waals surface area contributed by atoms with Crippen LogP contribution in [0.15, 0.2) is 30.3 Å². The van der Waals surface area contributed by atoms with E-state index in [4.69, 9.17) is 0 Å². The van der Waals surface area contributed by atoms with Crippen molar-refractivity contribution in [1.29, 1.82) is 0 Å². The molecule has 1 nitrogen and oxygen atoms in total. The maximum Gasteiger partial charge on any atom is 0.478 e. The zero-order chi connectivity index (χ0) is 15.1. The highest BCUT2D eigenvalue weighted by Crippen LogP contribution is 2.37. The highest BCUT2D eigenvalue weighted by molar-refractivity contribution is 14.1. The second-order valence-corrected chi connectivity index (χ2v) is 9.44. The molecule has 0 saturated carbocycles. The fourth-order valence-electron chi connectivity index (χ4n) is 3.57. The lowest BCUT2D eigenvalue weighted by molar-refractivity contribution is 0.928. The Morgan fingerprint density at radius 3 is 2.73 bits per heavy atom. The van der Waals surface area contributed by atoms with Gasteiger partial charge in [0.05, 0.1) is 0 Å². The quantitative estimate of drug-likeness (QED) is 0.367. The van der Waals surface area contributed by atoms with Crippen LogP contribution in [0.25, 0.3) is 17.7 Å². The normalized spacial score (nSPS) is 16.0. The van der Waals surface area contributed by atoms with Crippen LogP contribution in [-0.2, 0) is 12.8 Å².